The number of aromatic nitrogens is 2. The zero-order chi connectivity index (χ0) is 18.7. The van der Waals surface area contributed by atoms with Crippen LogP contribution >= 0.6 is 23.1 Å². The molecule has 0 saturated carbocycles. The van der Waals surface area contributed by atoms with Crippen LogP contribution in [0.4, 0.5) is 13.9 Å². The summed E-state index contributed by atoms with van der Waals surface area (Å²) in [4.78, 5) is 16.5. The molecule has 0 aliphatic carbocycles. The van der Waals surface area contributed by atoms with Crippen molar-refractivity contribution in [2.45, 2.75) is 17.2 Å². The van der Waals surface area contributed by atoms with Crippen LogP contribution in [0, 0.1) is 16.8 Å². The number of anilines is 1. The Morgan fingerprint density at radius 2 is 2.12 bits per heavy atom. The number of amides is 1. The molecule has 5 nitrogen and oxygen atoms in total. The lowest BCUT2D eigenvalue weighted by Crippen LogP contribution is -2.30. The Balaban J connectivity index is 1.67. The van der Waals surface area contributed by atoms with Crippen molar-refractivity contribution in [3.63, 3.8) is 0 Å². The van der Waals surface area contributed by atoms with Crippen LogP contribution in [0.1, 0.15) is 6.92 Å². The third-order valence-electron chi connectivity index (χ3n) is 3.41. The normalized spacial score (nSPS) is 12.0. The second kappa shape index (κ2) is 7.79. The van der Waals surface area contributed by atoms with Crippen LogP contribution in [0.15, 0.2) is 53.0 Å². The van der Waals surface area contributed by atoms with Crippen molar-refractivity contribution >= 4 is 34.1 Å². The minimum Gasteiger partial charge on any atom is -0.618 e. The van der Waals surface area contributed by atoms with Crippen molar-refractivity contribution in [2.24, 2.45) is 0 Å². The van der Waals surface area contributed by atoms with E-state index in [0.29, 0.717) is 26.1 Å². The lowest BCUT2D eigenvalue weighted by molar-refractivity contribution is -0.645. The quantitative estimate of drug-likeness (QED) is 0.406. The first-order valence-corrected chi connectivity index (χ1v) is 9.26. The molecule has 0 bridgehead atoms. The number of carbonyl (C=O) groups is 1. The third kappa shape index (κ3) is 4.17. The van der Waals surface area contributed by atoms with Crippen LogP contribution in [0.3, 0.4) is 0 Å². The summed E-state index contributed by atoms with van der Waals surface area (Å²) in [6, 6.07) is 8.45. The van der Waals surface area contributed by atoms with Gasteiger partial charge in [0.05, 0.1) is 10.9 Å². The largest absolute Gasteiger partial charge is 0.618 e. The molecule has 134 valence electrons. The van der Waals surface area contributed by atoms with Crippen molar-refractivity contribution in [1.82, 2.24) is 4.98 Å². The Morgan fingerprint density at radius 1 is 1.31 bits per heavy atom. The molecule has 0 radical (unpaired) electrons. The van der Waals surface area contributed by atoms with Crippen LogP contribution in [0.25, 0.3) is 11.3 Å². The molecular weight excluding hydrogens is 380 g/mol. The maximum absolute atomic E-state index is 13.3. The van der Waals surface area contributed by atoms with E-state index in [2.05, 4.69) is 10.3 Å². The highest BCUT2D eigenvalue weighted by molar-refractivity contribution is 8.00. The molecule has 0 fully saturated rings. The molecular formula is C17H13F2N3O2S2. The van der Waals surface area contributed by atoms with Crippen LogP contribution in [-0.4, -0.2) is 16.1 Å². The molecule has 2 aromatic heterocycles. The SMILES string of the molecule is C[C@H](Sc1cccc[n+]1[O-])C(=O)Nc1nc(-c2ccc(F)c(F)c2)cs1. The number of benzene rings is 1. The van der Waals surface area contributed by atoms with Gasteiger partial charge in [0.15, 0.2) is 23.0 Å². The Morgan fingerprint density at radius 3 is 2.85 bits per heavy atom. The number of pyridine rings is 1. The first-order chi connectivity index (χ1) is 12.4. The highest BCUT2D eigenvalue weighted by Crippen LogP contribution is 2.27. The topological polar surface area (TPSA) is 68.9 Å². The summed E-state index contributed by atoms with van der Waals surface area (Å²) in [6.45, 7) is 1.68. The third-order valence-corrected chi connectivity index (χ3v) is 5.29. The predicted molar refractivity (Wildman–Crippen MR) is 96.8 cm³/mol. The second-order valence-corrected chi connectivity index (χ2v) is 7.50. The average molecular weight is 393 g/mol. The van der Waals surface area contributed by atoms with Gasteiger partial charge in [-0.25, -0.2) is 13.8 Å². The van der Waals surface area contributed by atoms with E-state index in [9.17, 15) is 18.8 Å². The molecule has 1 aromatic carbocycles. The van der Waals surface area contributed by atoms with Gasteiger partial charge in [0, 0.05) is 23.1 Å². The van der Waals surface area contributed by atoms with Crippen molar-refractivity contribution in [3.05, 3.63) is 64.8 Å². The van der Waals surface area contributed by atoms with Gasteiger partial charge in [0.2, 0.25) is 5.91 Å². The van der Waals surface area contributed by atoms with E-state index in [1.807, 2.05) is 0 Å². The number of halogens is 2. The Kier molecular flexibility index (Phi) is 5.48. The molecule has 0 spiro atoms. The van der Waals surface area contributed by atoms with E-state index < -0.39 is 16.9 Å². The van der Waals surface area contributed by atoms with Gasteiger partial charge in [-0.2, -0.15) is 4.73 Å². The van der Waals surface area contributed by atoms with Crippen LogP contribution < -0.4 is 10.0 Å². The Hall–Kier alpha value is -2.52. The highest BCUT2D eigenvalue weighted by atomic mass is 32.2. The molecule has 1 atom stereocenters. The molecule has 9 heteroatoms. The molecule has 3 rings (SSSR count). The molecule has 2 heterocycles. The maximum atomic E-state index is 13.3. The molecule has 1 N–H and O–H groups in total. The monoisotopic (exact) mass is 393 g/mol. The van der Waals surface area contributed by atoms with Gasteiger partial charge in [-0.1, -0.05) is 0 Å². The number of nitrogens with zero attached hydrogens (tertiary/aromatic N) is 2. The molecule has 0 aliphatic rings. The molecule has 26 heavy (non-hydrogen) atoms. The fourth-order valence-electron chi connectivity index (χ4n) is 2.06. The predicted octanol–water partition coefficient (Wildman–Crippen LogP) is 3.84. The molecule has 0 aliphatic heterocycles. The number of rotatable bonds is 5. The minimum atomic E-state index is -0.958. The van der Waals surface area contributed by atoms with Crippen LogP contribution in [-0.2, 0) is 4.79 Å². The zero-order valence-corrected chi connectivity index (χ0v) is 15.1. The average Bonchev–Trinajstić information content (AvgIpc) is 3.07. The summed E-state index contributed by atoms with van der Waals surface area (Å²) in [5.74, 6) is -2.20. The first kappa shape index (κ1) is 18.3. The fraction of sp³-hybridized carbons (Fsp3) is 0.118. The summed E-state index contributed by atoms with van der Waals surface area (Å²) in [5.41, 5.74) is 0.852. The Bertz CT molecular complexity index is 949. The molecule has 0 unspecified atom stereocenters. The minimum absolute atomic E-state index is 0.315. The van der Waals surface area contributed by atoms with Gasteiger partial charge in [-0.15, -0.1) is 11.3 Å². The number of hydrogen-bond donors (Lipinski definition) is 1. The van der Waals surface area contributed by atoms with Crippen molar-refractivity contribution < 1.29 is 18.3 Å². The number of nitrogens with one attached hydrogen (secondary N) is 1. The van der Waals surface area contributed by atoms with E-state index in [4.69, 9.17) is 0 Å². The Labute approximate surface area is 156 Å². The van der Waals surface area contributed by atoms with Crippen LogP contribution in [0.2, 0.25) is 0 Å². The van der Waals surface area contributed by atoms with Crippen LogP contribution in [0.5, 0.6) is 0 Å². The van der Waals surface area contributed by atoms with E-state index in [1.54, 1.807) is 30.5 Å². The number of thiazole rings is 1. The van der Waals surface area contributed by atoms with Gasteiger partial charge >= 0.3 is 0 Å². The number of carbonyl (C=O) groups excluding carboxylic acids is 1. The second-order valence-electron chi connectivity index (χ2n) is 5.28. The lowest BCUT2D eigenvalue weighted by atomic mass is 10.2. The summed E-state index contributed by atoms with van der Waals surface area (Å²) in [7, 11) is 0. The van der Waals surface area contributed by atoms with E-state index in [0.717, 1.165) is 23.9 Å². The fourth-order valence-corrected chi connectivity index (χ4v) is 3.64. The van der Waals surface area contributed by atoms with Gasteiger partial charge < -0.3 is 10.5 Å². The van der Waals surface area contributed by atoms with Gasteiger partial charge in [0.1, 0.15) is 0 Å². The lowest BCUT2D eigenvalue weighted by Gasteiger charge is -2.09. The van der Waals surface area contributed by atoms with E-state index >= 15 is 0 Å². The summed E-state index contributed by atoms with van der Waals surface area (Å²) < 4.78 is 27.0. The molecule has 1 amide bonds. The highest BCUT2D eigenvalue weighted by Gasteiger charge is 2.20. The summed E-state index contributed by atoms with van der Waals surface area (Å²) in [5, 5.41) is 16.2. The first-order valence-electron chi connectivity index (χ1n) is 7.50. The van der Waals surface area contributed by atoms with Crippen molar-refractivity contribution in [2.75, 3.05) is 5.32 Å². The van der Waals surface area contributed by atoms with Gasteiger partial charge in [0.25, 0.3) is 5.03 Å². The van der Waals surface area contributed by atoms with Crippen molar-refractivity contribution in [1.29, 1.82) is 0 Å². The smallest absolute Gasteiger partial charge is 0.252 e. The van der Waals surface area contributed by atoms with E-state index in [1.165, 1.54) is 23.6 Å². The van der Waals surface area contributed by atoms with Gasteiger partial charge in [-0.05, 0) is 43.0 Å². The summed E-state index contributed by atoms with van der Waals surface area (Å²) >= 11 is 2.30. The van der Waals surface area contributed by atoms with Crippen molar-refractivity contribution in [3.8, 4) is 11.3 Å². The summed E-state index contributed by atoms with van der Waals surface area (Å²) in [6.07, 6.45) is 1.36. The van der Waals surface area contributed by atoms with Gasteiger partial charge in [-0.3, -0.25) is 4.79 Å². The number of thioether (sulfide) groups is 1. The molecule has 3 aromatic rings. The van der Waals surface area contributed by atoms with E-state index in [-0.39, 0.29) is 5.91 Å². The standard InChI is InChI=1S/C17H13F2N3O2S2/c1-10(26-15-4-2-3-7-22(15)24)16(23)21-17-20-14(9-25-17)11-5-6-12(18)13(19)8-11/h2-10H,1H3,(H,20,21,23)/t10-/m0/s1. The maximum Gasteiger partial charge on any atom is 0.252 e. The number of hydrogen-bond acceptors (Lipinski definition) is 5. The zero-order valence-electron chi connectivity index (χ0n) is 13.5. The molecule has 0 saturated heterocycles.